The molecule has 3 rings (SSSR count). The molecule has 2 N–H and O–H groups in total. The SMILES string of the molecule is NC=Cc1cccc2c1Cc1ccccc1-2. The summed E-state index contributed by atoms with van der Waals surface area (Å²) in [5.41, 5.74) is 12.2. The van der Waals surface area contributed by atoms with Crippen molar-refractivity contribution in [2.45, 2.75) is 6.42 Å². The quantitative estimate of drug-likeness (QED) is 0.651. The van der Waals surface area contributed by atoms with Crippen LogP contribution < -0.4 is 5.73 Å². The van der Waals surface area contributed by atoms with Crippen molar-refractivity contribution in [1.82, 2.24) is 0 Å². The van der Waals surface area contributed by atoms with Gasteiger partial charge < -0.3 is 5.73 Å². The van der Waals surface area contributed by atoms with Crippen LogP contribution >= 0.6 is 0 Å². The molecular formula is C15H13N. The Labute approximate surface area is 95.2 Å². The smallest absolute Gasteiger partial charge is 0.000750 e. The average molecular weight is 207 g/mol. The first-order valence-corrected chi connectivity index (χ1v) is 5.48. The van der Waals surface area contributed by atoms with Gasteiger partial charge in [0.05, 0.1) is 0 Å². The second kappa shape index (κ2) is 3.53. The summed E-state index contributed by atoms with van der Waals surface area (Å²) in [5, 5.41) is 0. The second-order valence-electron chi connectivity index (χ2n) is 4.07. The van der Waals surface area contributed by atoms with Crippen molar-refractivity contribution in [2.24, 2.45) is 5.73 Å². The lowest BCUT2D eigenvalue weighted by Crippen LogP contribution is -1.87. The molecule has 0 aliphatic heterocycles. The van der Waals surface area contributed by atoms with Crippen LogP contribution in [0.3, 0.4) is 0 Å². The fourth-order valence-electron chi connectivity index (χ4n) is 2.44. The number of hydrogen-bond acceptors (Lipinski definition) is 1. The summed E-state index contributed by atoms with van der Waals surface area (Å²) in [7, 11) is 0. The molecule has 0 heterocycles. The highest BCUT2D eigenvalue weighted by atomic mass is 14.5. The van der Waals surface area contributed by atoms with Gasteiger partial charge in [0.2, 0.25) is 0 Å². The summed E-state index contributed by atoms with van der Waals surface area (Å²) >= 11 is 0. The van der Waals surface area contributed by atoms with E-state index in [0.29, 0.717) is 0 Å². The molecule has 0 amide bonds. The van der Waals surface area contributed by atoms with Gasteiger partial charge in [-0.05, 0) is 46.5 Å². The van der Waals surface area contributed by atoms with Crippen molar-refractivity contribution in [1.29, 1.82) is 0 Å². The number of hydrogen-bond donors (Lipinski definition) is 1. The molecule has 0 bridgehead atoms. The van der Waals surface area contributed by atoms with Crippen LogP contribution in [0.1, 0.15) is 16.7 Å². The third-order valence-corrected chi connectivity index (χ3v) is 3.16. The molecule has 2 aromatic rings. The van der Waals surface area contributed by atoms with Crippen molar-refractivity contribution >= 4 is 6.08 Å². The van der Waals surface area contributed by atoms with Gasteiger partial charge in [-0.2, -0.15) is 0 Å². The van der Waals surface area contributed by atoms with Crippen LogP contribution in [-0.4, -0.2) is 0 Å². The van der Waals surface area contributed by atoms with E-state index in [0.717, 1.165) is 6.42 Å². The summed E-state index contributed by atoms with van der Waals surface area (Å²) in [5.74, 6) is 0. The summed E-state index contributed by atoms with van der Waals surface area (Å²) in [6.45, 7) is 0. The zero-order chi connectivity index (χ0) is 11.0. The first-order valence-electron chi connectivity index (χ1n) is 5.48. The highest BCUT2D eigenvalue weighted by Gasteiger charge is 2.18. The van der Waals surface area contributed by atoms with E-state index in [-0.39, 0.29) is 0 Å². The van der Waals surface area contributed by atoms with Crippen LogP contribution in [0, 0.1) is 0 Å². The van der Waals surface area contributed by atoms with E-state index in [1.807, 2.05) is 6.08 Å². The first kappa shape index (κ1) is 9.22. The third-order valence-electron chi connectivity index (χ3n) is 3.16. The fourth-order valence-corrected chi connectivity index (χ4v) is 2.44. The highest BCUT2D eigenvalue weighted by molar-refractivity contribution is 5.80. The van der Waals surface area contributed by atoms with Crippen LogP contribution in [0.2, 0.25) is 0 Å². The molecule has 1 aliphatic carbocycles. The van der Waals surface area contributed by atoms with Gasteiger partial charge >= 0.3 is 0 Å². The molecule has 0 spiro atoms. The number of benzene rings is 2. The maximum absolute atomic E-state index is 5.48. The molecule has 0 atom stereocenters. The average Bonchev–Trinajstić information content (AvgIpc) is 2.69. The Morgan fingerprint density at radius 1 is 0.938 bits per heavy atom. The predicted octanol–water partition coefficient (Wildman–Crippen LogP) is 3.19. The van der Waals surface area contributed by atoms with Crippen LogP contribution in [0.25, 0.3) is 17.2 Å². The predicted molar refractivity (Wildman–Crippen MR) is 67.9 cm³/mol. The molecular weight excluding hydrogens is 194 g/mol. The van der Waals surface area contributed by atoms with E-state index in [9.17, 15) is 0 Å². The zero-order valence-corrected chi connectivity index (χ0v) is 8.98. The Balaban J connectivity index is 2.23. The van der Waals surface area contributed by atoms with Crippen LogP contribution in [0.4, 0.5) is 0 Å². The number of nitrogens with two attached hydrogens (primary N) is 1. The van der Waals surface area contributed by atoms with Crippen LogP contribution in [0.5, 0.6) is 0 Å². The lowest BCUT2D eigenvalue weighted by atomic mass is 10.0. The molecule has 0 saturated carbocycles. The van der Waals surface area contributed by atoms with Crippen molar-refractivity contribution in [3.05, 3.63) is 65.4 Å². The maximum atomic E-state index is 5.48. The molecule has 1 heteroatoms. The summed E-state index contributed by atoms with van der Waals surface area (Å²) in [4.78, 5) is 0. The van der Waals surface area contributed by atoms with E-state index in [1.54, 1.807) is 6.20 Å². The van der Waals surface area contributed by atoms with Gasteiger partial charge in [-0.25, -0.2) is 0 Å². The number of rotatable bonds is 1. The minimum absolute atomic E-state index is 1.02. The Hall–Kier alpha value is -2.02. The fraction of sp³-hybridized carbons (Fsp3) is 0.0667. The molecule has 0 fully saturated rings. The minimum atomic E-state index is 1.02. The van der Waals surface area contributed by atoms with Gasteiger partial charge in [0, 0.05) is 0 Å². The van der Waals surface area contributed by atoms with Crippen molar-refractivity contribution in [3.8, 4) is 11.1 Å². The van der Waals surface area contributed by atoms with E-state index < -0.39 is 0 Å². The molecule has 1 aliphatic rings. The Bertz CT molecular complexity index is 567. The monoisotopic (exact) mass is 207 g/mol. The molecule has 0 saturated heterocycles. The van der Waals surface area contributed by atoms with E-state index in [1.165, 1.54) is 27.8 Å². The molecule has 16 heavy (non-hydrogen) atoms. The standard InChI is InChI=1S/C15H13N/c16-9-8-11-5-3-7-14-13-6-2-1-4-12(13)10-15(11)14/h1-9H,10,16H2. The van der Waals surface area contributed by atoms with E-state index in [2.05, 4.69) is 42.5 Å². The lowest BCUT2D eigenvalue weighted by molar-refractivity contribution is 1.25. The molecule has 1 nitrogen and oxygen atoms in total. The topological polar surface area (TPSA) is 26.0 Å². The molecule has 2 aromatic carbocycles. The Morgan fingerprint density at radius 2 is 1.75 bits per heavy atom. The van der Waals surface area contributed by atoms with Crippen molar-refractivity contribution in [2.75, 3.05) is 0 Å². The maximum Gasteiger partial charge on any atom is -0.000750 e. The molecule has 0 unspecified atom stereocenters. The van der Waals surface area contributed by atoms with Crippen molar-refractivity contribution < 1.29 is 0 Å². The second-order valence-corrected chi connectivity index (χ2v) is 4.07. The zero-order valence-electron chi connectivity index (χ0n) is 8.98. The van der Waals surface area contributed by atoms with Crippen LogP contribution in [-0.2, 0) is 6.42 Å². The molecule has 0 radical (unpaired) electrons. The Kier molecular flexibility index (Phi) is 2.03. The van der Waals surface area contributed by atoms with Crippen molar-refractivity contribution in [3.63, 3.8) is 0 Å². The molecule has 78 valence electrons. The first-order chi connectivity index (χ1) is 7.90. The van der Waals surface area contributed by atoms with Gasteiger partial charge in [-0.1, -0.05) is 42.5 Å². The summed E-state index contributed by atoms with van der Waals surface area (Å²) in [6, 6.07) is 15.0. The number of fused-ring (bicyclic) bond motifs is 3. The summed E-state index contributed by atoms with van der Waals surface area (Å²) in [6.07, 6.45) is 4.61. The van der Waals surface area contributed by atoms with Gasteiger partial charge in [0.15, 0.2) is 0 Å². The van der Waals surface area contributed by atoms with Gasteiger partial charge in [0.1, 0.15) is 0 Å². The van der Waals surface area contributed by atoms with E-state index >= 15 is 0 Å². The Morgan fingerprint density at radius 3 is 2.62 bits per heavy atom. The normalized spacial score (nSPS) is 12.8. The highest BCUT2D eigenvalue weighted by Crippen LogP contribution is 2.38. The third kappa shape index (κ3) is 1.25. The van der Waals surface area contributed by atoms with Gasteiger partial charge in [-0.3, -0.25) is 0 Å². The minimum Gasteiger partial charge on any atom is -0.405 e. The van der Waals surface area contributed by atoms with E-state index in [4.69, 9.17) is 5.73 Å². The van der Waals surface area contributed by atoms with Gasteiger partial charge in [0.25, 0.3) is 0 Å². The summed E-state index contributed by atoms with van der Waals surface area (Å²) < 4.78 is 0. The lowest BCUT2D eigenvalue weighted by Gasteiger charge is -2.03. The van der Waals surface area contributed by atoms with Gasteiger partial charge in [-0.15, -0.1) is 0 Å². The largest absolute Gasteiger partial charge is 0.405 e. The van der Waals surface area contributed by atoms with Crippen LogP contribution in [0.15, 0.2) is 48.7 Å². The molecule has 0 aromatic heterocycles.